The molecule has 0 atom stereocenters. The third kappa shape index (κ3) is 4.32. The Morgan fingerprint density at radius 1 is 1.11 bits per heavy atom. The molecule has 1 aliphatic rings. The Morgan fingerprint density at radius 2 is 1.79 bits per heavy atom. The average Bonchev–Trinajstić information content (AvgIpc) is 3.10. The van der Waals surface area contributed by atoms with Crippen LogP contribution in [-0.4, -0.2) is 52.5 Å². The molecule has 1 aliphatic heterocycles. The molecule has 150 valence electrons. The van der Waals surface area contributed by atoms with Crippen molar-refractivity contribution in [2.75, 3.05) is 31.1 Å². The van der Waals surface area contributed by atoms with Crippen molar-refractivity contribution in [1.82, 2.24) is 14.7 Å². The number of piperazine rings is 1. The van der Waals surface area contributed by atoms with Gasteiger partial charge in [-0.05, 0) is 31.2 Å². The monoisotopic (exact) mass is 398 g/mol. The van der Waals surface area contributed by atoms with Crippen LogP contribution < -0.4 is 4.90 Å². The summed E-state index contributed by atoms with van der Waals surface area (Å²) in [5, 5.41) is 3.37. The lowest BCUT2D eigenvalue weighted by Gasteiger charge is -2.36. The SMILES string of the molecule is CC(=O)c1ccc(N2CCN(C(=O)Cn3ccc(C(F)(F)F)n3)CC2)c(F)c1. The topological polar surface area (TPSA) is 58.4 Å². The normalized spacial score (nSPS) is 15.0. The molecule has 1 aromatic carbocycles. The highest BCUT2D eigenvalue weighted by Crippen LogP contribution is 2.27. The maximum atomic E-state index is 14.3. The highest BCUT2D eigenvalue weighted by atomic mass is 19.4. The number of alkyl halides is 3. The first-order valence-electron chi connectivity index (χ1n) is 8.59. The van der Waals surface area contributed by atoms with Crippen molar-refractivity contribution in [3.8, 4) is 0 Å². The minimum atomic E-state index is -4.55. The van der Waals surface area contributed by atoms with E-state index in [1.165, 1.54) is 24.0 Å². The number of anilines is 1. The molecule has 1 amide bonds. The summed E-state index contributed by atoms with van der Waals surface area (Å²) in [6.45, 7) is 2.41. The van der Waals surface area contributed by atoms with Crippen LogP contribution in [0, 0.1) is 5.82 Å². The summed E-state index contributed by atoms with van der Waals surface area (Å²) in [4.78, 5) is 26.9. The van der Waals surface area contributed by atoms with Crippen LogP contribution in [0.2, 0.25) is 0 Å². The molecule has 28 heavy (non-hydrogen) atoms. The first kappa shape index (κ1) is 19.8. The van der Waals surface area contributed by atoms with Crippen LogP contribution in [0.5, 0.6) is 0 Å². The third-order valence-corrected chi connectivity index (χ3v) is 4.56. The molecule has 2 heterocycles. The van der Waals surface area contributed by atoms with Gasteiger partial charge >= 0.3 is 6.18 Å². The Bertz CT molecular complexity index is 886. The number of rotatable bonds is 4. The van der Waals surface area contributed by atoms with Gasteiger partial charge in [0, 0.05) is 37.9 Å². The number of hydrogen-bond acceptors (Lipinski definition) is 4. The molecule has 3 rings (SSSR count). The number of benzene rings is 1. The Labute approximate surface area is 158 Å². The fraction of sp³-hybridized carbons (Fsp3) is 0.389. The molecular weight excluding hydrogens is 380 g/mol. The number of hydrogen-bond donors (Lipinski definition) is 0. The summed E-state index contributed by atoms with van der Waals surface area (Å²) in [6.07, 6.45) is -3.44. The Morgan fingerprint density at radius 3 is 2.32 bits per heavy atom. The highest BCUT2D eigenvalue weighted by Gasteiger charge is 2.34. The maximum Gasteiger partial charge on any atom is 0.435 e. The van der Waals surface area contributed by atoms with Gasteiger partial charge in [-0.1, -0.05) is 0 Å². The predicted octanol–water partition coefficient (Wildman–Crippen LogP) is 2.59. The molecule has 0 bridgehead atoms. The van der Waals surface area contributed by atoms with E-state index in [4.69, 9.17) is 0 Å². The van der Waals surface area contributed by atoms with Gasteiger partial charge in [-0.3, -0.25) is 14.3 Å². The van der Waals surface area contributed by atoms with Crippen LogP contribution in [0.15, 0.2) is 30.5 Å². The summed E-state index contributed by atoms with van der Waals surface area (Å²) >= 11 is 0. The van der Waals surface area contributed by atoms with Crippen LogP contribution >= 0.6 is 0 Å². The summed E-state index contributed by atoms with van der Waals surface area (Å²) in [6, 6.07) is 5.09. The van der Waals surface area contributed by atoms with E-state index in [0.29, 0.717) is 31.9 Å². The molecule has 1 saturated heterocycles. The standard InChI is InChI=1S/C18H18F4N4O2/c1-12(27)13-2-3-15(14(19)10-13)24-6-8-25(9-7-24)17(28)11-26-5-4-16(23-26)18(20,21)22/h2-5,10H,6-9,11H2,1H3. The van der Waals surface area contributed by atoms with E-state index >= 15 is 0 Å². The van der Waals surface area contributed by atoms with Gasteiger partial charge in [0.2, 0.25) is 5.91 Å². The number of amides is 1. The highest BCUT2D eigenvalue weighted by molar-refractivity contribution is 5.94. The van der Waals surface area contributed by atoms with Crippen molar-refractivity contribution < 1.29 is 27.2 Å². The van der Waals surface area contributed by atoms with E-state index in [1.54, 1.807) is 11.0 Å². The van der Waals surface area contributed by atoms with Crippen LogP contribution in [0.4, 0.5) is 23.2 Å². The second kappa shape index (κ2) is 7.61. The van der Waals surface area contributed by atoms with Gasteiger partial charge in [0.05, 0.1) is 5.69 Å². The lowest BCUT2D eigenvalue weighted by molar-refractivity contribution is -0.142. The largest absolute Gasteiger partial charge is 0.435 e. The number of nitrogens with zero attached hydrogens (tertiary/aromatic N) is 4. The number of Topliss-reactive ketones (excluding diaryl/α,β-unsaturated/α-hetero) is 1. The second-order valence-corrected chi connectivity index (χ2v) is 6.49. The van der Waals surface area contributed by atoms with Crippen LogP contribution in [0.3, 0.4) is 0 Å². The van der Waals surface area contributed by atoms with E-state index in [9.17, 15) is 27.2 Å². The summed E-state index contributed by atoms with van der Waals surface area (Å²) < 4.78 is 52.9. The van der Waals surface area contributed by atoms with Crippen molar-refractivity contribution in [2.24, 2.45) is 0 Å². The zero-order valence-electron chi connectivity index (χ0n) is 15.0. The van der Waals surface area contributed by atoms with Crippen molar-refractivity contribution in [1.29, 1.82) is 0 Å². The minimum Gasteiger partial charge on any atom is -0.366 e. The minimum absolute atomic E-state index is 0.229. The van der Waals surface area contributed by atoms with Crippen molar-refractivity contribution in [3.63, 3.8) is 0 Å². The first-order chi connectivity index (χ1) is 13.1. The van der Waals surface area contributed by atoms with Crippen molar-refractivity contribution >= 4 is 17.4 Å². The van der Waals surface area contributed by atoms with Gasteiger partial charge in [-0.15, -0.1) is 0 Å². The third-order valence-electron chi connectivity index (χ3n) is 4.56. The van der Waals surface area contributed by atoms with E-state index < -0.39 is 17.7 Å². The molecule has 0 N–H and O–H groups in total. The number of ketones is 1. The van der Waals surface area contributed by atoms with Crippen LogP contribution in [0.1, 0.15) is 23.0 Å². The van der Waals surface area contributed by atoms with Gasteiger partial charge in [-0.2, -0.15) is 18.3 Å². The zero-order valence-corrected chi connectivity index (χ0v) is 15.0. The lowest BCUT2D eigenvalue weighted by atomic mass is 10.1. The molecule has 10 heteroatoms. The Hall–Kier alpha value is -2.91. The second-order valence-electron chi connectivity index (χ2n) is 6.49. The maximum absolute atomic E-state index is 14.3. The fourth-order valence-electron chi connectivity index (χ4n) is 3.02. The number of aromatic nitrogens is 2. The summed E-state index contributed by atoms with van der Waals surface area (Å²) in [7, 11) is 0. The molecule has 0 radical (unpaired) electrons. The van der Waals surface area contributed by atoms with E-state index in [-0.39, 0.29) is 23.8 Å². The Balaban J connectivity index is 1.58. The van der Waals surface area contributed by atoms with E-state index in [2.05, 4.69) is 5.10 Å². The zero-order chi connectivity index (χ0) is 20.5. The van der Waals surface area contributed by atoms with E-state index in [0.717, 1.165) is 16.9 Å². The number of halogens is 4. The molecular formula is C18H18F4N4O2. The molecule has 1 aromatic heterocycles. The molecule has 6 nitrogen and oxygen atoms in total. The molecule has 0 unspecified atom stereocenters. The van der Waals surface area contributed by atoms with Crippen LogP contribution in [0.25, 0.3) is 0 Å². The van der Waals surface area contributed by atoms with Gasteiger partial charge in [0.25, 0.3) is 0 Å². The quantitative estimate of drug-likeness (QED) is 0.587. The number of carbonyl (C=O) groups is 2. The van der Waals surface area contributed by atoms with Crippen LogP contribution in [-0.2, 0) is 17.5 Å². The summed E-state index contributed by atoms with van der Waals surface area (Å²) in [5.74, 6) is -1.10. The predicted molar refractivity (Wildman–Crippen MR) is 92.4 cm³/mol. The lowest BCUT2D eigenvalue weighted by Crippen LogP contribution is -2.49. The van der Waals surface area contributed by atoms with E-state index in [1.807, 2.05) is 0 Å². The van der Waals surface area contributed by atoms with Gasteiger partial charge < -0.3 is 9.80 Å². The molecule has 0 spiro atoms. The summed E-state index contributed by atoms with van der Waals surface area (Å²) in [5.41, 5.74) is -0.416. The molecule has 0 saturated carbocycles. The van der Waals surface area contributed by atoms with Crippen molar-refractivity contribution in [2.45, 2.75) is 19.6 Å². The van der Waals surface area contributed by atoms with Crippen molar-refractivity contribution in [3.05, 3.63) is 47.5 Å². The molecule has 1 fully saturated rings. The first-order valence-corrected chi connectivity index (χ1v) is 8.59. The smallest absolute Gasteiger partial charge is 0.366 e. The van der Waals surface area contributed by atoms with Gasteiger partial charge in [0.1, 0.15) is 12.4 Å². The van der Waals surface area contributed by atoms with Gasteiger partial charge in [0.15, 0.2) is 11.5 Å². The average molecular weight is 398 g/mol. The Kier molecular flexibility index (Phi) is 5.39. The molecule has 0 aliphatic carbocycles. The van der Waals surface area contributed by atoms with Gasteiger partial charge in [-0.25, -0.2) is 4.39 Å². The fourth-order valence-corrected chi connectivity index (χ4v) is 3.02. The number of carbonyl (C=O) groups excluding carboxylic acids is 2. The molecule has 2 aromatic rings.